The maximum Gasteiger partial charge on any atom is 0.411 e. The van der Waals surface area contributed by atoms with Crippen LogP contribution in [0.25, 0.3) is 0 Å². The van der Waals surface area contributed by atoms with Crippen molar-refractivity contribution in [3.05, 3.63) is 71.8 Å². The number of hydrogen-bond acceptors (Lipinski definition) is 4. The third-order valence-corrected chi connectivity index (χ3v) is 6.73. The fourth-order valence-corrected chi connectivity index (χ4v) is 4.84. The Kier molecular flexibility index (Phi) is 5.74. The minimum atomic E-state index is -0.954. The highest BCUT2D eigenvalue weighted by Gasteiger charge is 2.58. The van der Waals surface area contributed by atoms with Gasteiger partial charge in [-0.3, -0.25) is 4.90 Å². The van der Waals surface area contributed by atoms with Crippen LogP contribution in [0.4, 0.5) is 9.59 Å². The van der Waals surface area contributed by atoms with E-state index in [-0.39, 0.29) is 18.2 Å². The Morgan fingerprint density at radius 1 is 0.969 bits per heavy atom. The standard InChI is InChI=1S/C25H30N4O3/c30-23(27-14-13-26-17-19-11-12-19)28-15-16-29-22(18-28)25(32-24(29)31,20-7-3-1-4-8-20)21-9-5-2-6-10-21/h1-10,19,22,26H,11-18H2,(H,27,30). The first-order chi connectivity index (χ1) is 15.7. The summed E-state index contributed by atoms with van der Waals surface area (Å²) in [5.74, 6) is 0.822. The van der Waals surface area contributed by atoms with E-state index in [9.17, 15) is 9.59 Å². The predicted octanol–water partition coefficient (Wildman–Crippen LogP) is 2.78. The zero-order valence-electron chi connectivity index (χ0n) is 18.2. The van der Waals surface area contributed by atoms with E-state index in [1.165, 1.54) is 12.8 Å². The Balaban J connectivity index is 1.35. The molecule has 7 heteroatoms. The van der Waals surface area contributed by atoms with E-state index in [1.807, 2.05) is 65.6 Å². The van der Waals surface area contributed by atoms with E-state index in [0.29, 0.717) is 26.2 Å². The molecule has 3 aliphatic rings. The first-order valence-corrected chi connectivity index (χ1v) is 11.5. The normalized spacial score (nSPS) is 21.8. The van der Waals surface area contributed by atoms with Crippen LogP contribution in [-0.4, -0.2) is 67.2 Å². The number of nitrogens with zero attached hydrogens (tertiary/aromatic N) is 2. The lowest BCUT2D eigenvalue weighted by Gasteiger charge is -2.42. The molecule has 7 nitrogen and oxygen atoms in total. The van der Waals surface area contributed by atoms with Crippen molar-refractivity contribution >= 4 is 12.1 Å². The van der Waals surface area contributed by atoms with Crippen LogP contribution in [0.15, 0.2) is 60.7 Å². The molecule has 2 aromatic rings. The Morgan fingerprint density at radius 3 is 2.25 bits per heavy atom. The zero-order valence-corrected chi connectivity index (χ0v) is 18.2. The van der Waals surface area contributed by atoms with Crippen LogP contribution < -0.4 is 10.6 Å². The third kappa shape index (κ3) is 3.93. The fourth-order valence-electron chi connectivity index (χ4n) is 4.84. The quantitative estimate of drug-likeness (QED) is 0.658. The van der Waals surface area contributed by atoms with Crippen molar-refractivity contribution < 1.29 is 14.3 Å². The van der Waals surface area contributed by atoms with Gasteiger partial charge in [0, 0.05) is 43.9 Å². The highest BCUT2D eigenvalue weighted by molar-refractivity contribution is 5.77. The molecule has 2 saturated heterocycles. The average molecular weight is 435 g/mol. The van der Waals surface area contributed by atoms with Gasteiger partial charge in [0.2, 0.25) is 0 Å². The molecule has 3 fully saturated rings. The maximum absolute atomic E-state index is 12.9. The number of fused-ring (bicyclic) bond motifs is 1. The van der Waals surface area contributed by atoms with Gasteiger partial charge in [0.1, 0.15) is 6.04 Å². The molecule has 2 heterocycles. The second-order valence-electron chi connectivity index (χ2n) is 8.87. The van der Waals surface area contributed by atoms with E-state index in [0.717, 1.165) is 30.1 Å². The highest BCUT2D eigenvalue weighted by atomic mass is 16.6. The number of amides is 3. The van der Waals surface area contributed by atoms with Gasteiger partial charge in [-0.25, -0.2) is 9.59 Å². The molecular formula is C25H30N4O3. The number of ether oxygens (including phenoxy) is 1. The summed E-state index contributed by atoms with van der Waals surface area (Å²) < 4.78 is 6.16. The summed E-state index contributed by atoms with van der Waals surface area (Å²) in [6.45, 7) is 3.76. The average Bonchev–Trinajstić information content (AvgIpc) is 3.62. The van der Waals surface area contributed by atoms with Gasteiger partial charge < -0.3 is 20.3 Å². The number of benzene rings is 2. The molecule has 0 spiro atoms. The second-order valence-corrected chi connectivity index (χ2v) is 8.87. The van der Waals surface area contributed by atoms with Crippen LogP contribution >= 0.6 is 0 Å². The van der Waals surface area contributed by atoms with Crippen molar-refractivity contribution in [2.75, 3.05) is 39.3 Å². The van der Waals surface area contributed by atoms with Gasteiger partial charge in [0.25, 0.3) is 0 Å². The number of carbonyl (C=O) groups excluding carboxylic acids is 2. The molecule has 0 aromatic heterocycles. The number of rotatable bonds is 7. The molecule has 32 heavy (non-hydrogen) atoms. The lowest BCUT2D eigenvalue weighted by atomic mass is 9.79. The topological polar surface area (TPSA) is 73.9 Å². The predicted molar refractivity (Wildman–Crippen MR) is 121 cm³/mol. The molecule has 1 atom stereocenters. The SMILES string of the molecule is O=C(NCCNCC1CC1)N1CCN2C(=O)OC(c3ccccc3)(c3ccccc3)C2C1. The van der Waals surface area contributed by atoms with Gasteiger partial charge in [-0.2, -0.15) is 0 Å². The molecular weight excluding hydrogens is 404 g/mol. The summed E-state index contributed by atoms with van der Waals surface area (Å²) in [6.07, 6.45) is 2.30. The number of carbonyl (C=O) groups is 2. The van der Waals surface area contributed by atoms with Gasteiger partial charge in [-0.15, -0.1) is 0 Å². The molecule has 0 bridgehead atoms. The van der Waals surface area contributed by atoms with Crippen LogP contribution in [0.5, 0.6) is 0 Å². The lowest BCUT2D eigenvalue weighted by molar-refractivity contribution is 0.0512. The Labute approximate surface area is 188 Å². The summed E-state index contributed by atoms with van der Waals surface area (Å²) in [4.78, 5) is 29.4. The number of hydrogen-bond donors (Lipinski definition) is 2. The van der Waals surface area contributed by atoms with Crippen molar-refractivity contribution in [3.8, 4) is 0 Å². The molecule has 3 amide bonds. The summed E-state index contributed by atoms with van der Waals surface area (Å²) in [5, 5.41) is 6.42. The van der Waals surface area contributed by atoms with Crippen LogP contribution in [0, 0.1) is 5.92 Å². The second kappa shape index (κ2) is 8.82. The molecule has 2 aliphatic heterocycles. The summed E-state index contributed by atoms with van der Waals surface area (Å²) in [5.41, 5.74) is 0.877. The molecule has 2 N–H and O–H groups in total. The third-order valence-electron chi connectivity index (χ3n) is 6.73. The molecule has 5 rings (SSSR count). The van der Waals surface area contributed by atoms with Crippen molar-refractivity contribution in [1.29, 1.82) is 0 Å². The van der Waals surface area contributed by atoms with Crippen LogP contribution in [-0.2, 0) is 10.3 Å². The van der Waals surface area contributed by atoms with E-state index >= 15 is 0 Å². The van der Waals surface area contributed by atoms with Gasteiger partial charge in [-0.05, 0) is 25.3 Å². The molecule has 0 radical (unpaired) electrons. The fraction of sp³-hybridized carbons (Fsp3) is 0.440. The minimum absolute atomic E-state index is 0.0905. The first-order valence-electron chi connectivity index (χ1n) is 11.5. The van der Waals surface area contributed by atoms with E-state index in [2.05, 4.69) is 10.6 Å². The maximum atomic E-state index is 12.9. The van der Waals surface area contributed by atoms with Crippen molar-refractivity contribution in [1.82, 2.24) is 20.4 Å². The molecule has 168 valence electrons. The van der Waals surface area contributed by atoms with Crippen LogP contribution in [0.2, 0.25) is 0 Å². The van der Waals surface area contributed by atoms with Crippen LogP contribution in [0.3, 0.4) is 0 Å². The van der Waals surface area contributed by atoms with E-state index in [1.54, 1.807) is 4.90 Å². The Hall–Kier alpha value is -3.06. The van der Waals surface area contributed by atoms with Gasteiger partial charge in [0.05, 0.1) is 0 Å². The monoisotopic (exact) mass is 434 g/mol. The largest absolute Gasteiger partial charge is 0.431 e. The van der Waals surface area contributed by atoms with Gasteiger partial charge in [0.15, 0.2) is 5.60 Å². The Bertz CT molecular complexity index is 909. The zero-order chi connectivity index (χ0) is 22.0. The Morgan fingerprint density at radius 2 is 1.62 bits per heavy atom. The van der Waals surface area contributed by atoms with Gasteiger partial charge >= 0.3 is 12.1 Å². The molecule has 1 saturated carbocycles. The van der Waals surface area contributed by atoms with Crippen molar-refractivity contribution in [3.63, 3.8) is 0 Å². The minimum Gasteiger partial charge on any atom is -0.431 e. The van der Waals surface area contributed by atoms with E-state index < -0.39 is 5.60 Å². The van der Waals surface area contributed by atoms with Crippen molar-refractivity contribution in [2.45, 2.75) is 24.5 Å². The number of cyclic esters (lactones) is 1. The highest BCUT2D eigenvalue weighted by Crippen LogP contribution is 2.45. The summed E-state index contributed by atoms with van der Waals surface area (Å²) in [6, 6.07) is 19.3. The smallest absolute Gasteiger partial charge is 0.411 e. The van der Waals surface area contributed by atoms with Crippen molar-refractivity contribution in [2.24, 2.45) is 5.92 Å². The molecule has 1 aliphatic carbocycles. The number of nitrogens with one attached hydrogen (secondary N) is 2. The molecule has 1 unspecified atom stereocenters. The number of piperazine rings is 1. The first kappa shape index (κ1) is 20.8. The van der Waals surface area contributed by atoms with E-state index in [4.69, 9.17) is 4.74 Å². The number of urea groups is 1. The molecule has 2 aromatic carbocycles. The van der Waals surface area contributed by atoms with Crippen LogP contribution in [0.1, 0.15) is 24.0 Å². The summed E-state index contributed by atoms with van der Waals surface area (Å²) in [7, 11) is 0. The summed E-state index contributed by atoms with van der Waals surface area (Å²) >= 11 is 0. The van der Waals surface area contributed by atoms with Gasteiger partial charge in [-0.1, -0.05) is 60.7 Å². The lowest BCUT2D eigenvalue weighted by Crippen LogP contribution is -2.60.